The van der Waals surface area contributed by atoms with Gasteiger partial charge in [0.1, 0.15) is 6.04 Å². The smallest absolute Gasteiger partial charge is 0.259 e. The van der Waals surface area contributed by atoms with E-state index in [1.54, 1.807) is 15.9 Å². The highest BCUT2D eigenvalue weighted by atomic mass is 16.2. The van der Waals surface area contributed by atoms with E-state index >= 15 is 0 Å². The number of H-pyrrole nitrogens is 1. The molecule has 0 fully saturated rings. The maximum Gasteiger partial charge on any atom is 0.259 e. The Labute approximate surface area is 245 Å². The van der Waals surface area contributed by atoms with Crippen molar-refractivity contribution in [1.82, 2.24) is 10.3 Å². The van der Waals surface area contributed by atoms with Gasteiger partial charge >= 0.3 is 0 Å². The Morgan fingerprint density at radius 1 is 0.929 bits per heavy atom. The van der Waals surface area contributed by atoms with Crippen LogP contribution in [0.3, 0.4) is 0 Å². The number of carbonyl (C=O) groups excluding carboxylic acids is 3. The van der Waals surface area contributed by atoms with Crippen molar-refractivity contribution in [3.8, 4) is 0 Å². The maximum atomic E-state index is 14.5. The molecule has 7 nitrogen and oxygen atoms in total. The number of nitrogens with one attached hydrogen (secondary N) is 2. The third kappa shape index (κ3) is 4.81. The number of aromatic nitrogens is 1. The number of benzene rings is 4. The number of amides is 3. The minimum Gasteiger partial charge on any atom is -0.361 e. The third-order valence-electron chi connectivity index (χ3n) is 8.43. The van der Waals surface area contributed by atoms with E-state index in [-0.39, 0.29) is 30.2 Å². The standard InChI is InChI=1S/C35H34N4O3/c1-4-22(2)33(40)37-30-21-39(34(41)27-12-9-13-29-26(27)18-19-36-29)32-15-8-7-14-31(32)38(35(30)42)20-28-23(3)16-17-24-10-5-6-11-25(24)28/h5-19,22,30,36H,4,20-21H2,1-3H3,(H,37,40)/t22-,30+/m1/s1. The molecule has 0 unspecified atom stereocenters. The number of anilines is 2. The van der Waals surface area contributed by atoms with Gasteiger partial charge in [-0.25, -0.2) is 0 Å². The van der Waals surface area contributed by atoms with Crippen molar-refractivity contribution in [2.75, 3.05) is 16.3 Å². The Balaban J connectivity index is 1.49. The van der Waals surface area contributed by atoms with Crippen molar-refractivity contribution in [2.24, 2.45) is 5.92 Å². The van der Waals surface area contributed by atoms with Crippen LogP contribution in [0.2, 0.25) is 0 Å². The molecule has 0 saturated carbocycles. The summed E-state index contributed by atoms with van der Waals surface area (Å²) in [6.07, 6.45) is 2.45. The van der Waals surface area contributed by atoms with Crippen LogP contribution in [0.1, 0.15) is 41.8 Å². The van der Waals surface area contributed by atoms with Crippen molar-refractivity contribution >= 4 is 50.8 Å². The van der Waals surface area contributed by atoms with Crippen LogP contribution in [0, 0.1) is 12.8 Å². The molecule has 2 N–H and O–H groups in total. The first-order valence-corrected chi connectivity index (χ1v) is 14.4. The van der Waals surface area contributed by atoms with Crippen LogP contribution in [0.15, 0.2) is 91.1 Å². The van der Waals surface area contributed by atoms with E-state index in [4.69, 9.17) is 0 Å². The maximum absolute atomic E-state index is 14.5. The molecule has 0 saturated heterocycles. The van der Waals surface area contributed by atoms with Gasteiger partial charge < -0.3 is 20.1 Å². The van der Waals surface area contributed by atoms with E-state index in [2.05, 4.69) is 34.6 Å². The molecule has 1 aliphatic rings. The molecule has 1 aliphatic heterocycles. The molecule has 1 aromatic heterocycles. The summed E-state index contributed by atoms with van der Waals surface area (Å²) in [5.41, 5.74) is 4.73. The van der Waals surface area contributed by atoms with Crippen LogP contribution in [0.5, 0.6) is 0 Å². The van der Waals surface area contributed by atoms with Gasteiger partial charge in [-0.1, -0.05) is 68.4 Å². The molecule has 3 amide bonds. The molecule has 42 heavy (non-hydrogen) atoms. The van der Waals surface area contributed by atoms with Crippen LogP contribution in [-0.2, 0) is 16.1 Å². The number of rotatable bonds is 6. The van der Waals surface area contributed by atoms with Crippen molar-refractivity contribution in [3.63, 3.8) is 0 Å². The van der Waals surface area contributed by atoms with Crippen LogP contribution in [0.4, 0.5) is 11.4 Å². The number of carbonyl (C=O) groups is 3. The van der Waals surface area contributed by atoms with Gasteiger partial charge in [-0.2, -0.15) is 0 Å². The van der Waals surface area contributed by atoms with Gasteiger partial charge in [-0.05, 0) is 65.6 Å². The highest BCUT2D eigenvalue weighted by Crippen LogP contribution is 2.37. The quantitative estimate of drug-likeness (QED) is 0.255. The Morgan fingerprint density at radius 3 is 2.50 bits per heavy atom. The van der Waals surface area contributed by atoms with Gasteiger partial charge in [0.05, 0.1) is 24.5 Å². The predicted octanol–water partition coefficient (Wildman–Crippen LogP) is 6.35. The van der Waals surface area contributed by atoms with Gasteiger partial charge in [0, 0.05) is 28.6 Å². The van der Waals surface area contributed by atoms with E-state index in [1.165, 1.54) is 0 Å². The fraction of sp³-hybridized carbons (Fsp3) is 0.229. The molecule has 5 aromatic rings. The number of aryl methyl sites for hydroxylation is 1. The zero-order valence-corrected chi connectivity index (χ0v) is 24.1. The van der Waals surface area contributed by atoms with Crippen molar-refractivity contribution in [3.05, 3.63) is 108 Å². The SMILES string of the molecule is CC[C@@H](C)C(=O)N[C@H]1CN(C(=O)c2cccc3[nH]ccc23)c2ccccc2N(Cc2c(C)ccc3ccccc23)C1=O. The Morgan fingerprint density at radius 2 is 1.69 bits per heavy atom. The fourth-order valence-electron chi connectivity index (χ4n) is 5.78. The summed E-state index contributed by atoms with van der Waals surface area (Å²) in [5, 5.41) is 5.96. The minimum atomic E-state index is -0.927. The van der Waals surface area contributed by atoms with Crippen LogP contribution in [-0.4, -0.2) is 35.3 Å². The van der Waals surface area contributed by atoms with E-state index in [0.29, 0.717) is 29.9 Å². The monoisotopic (exact) mass is 558 g/mol. The summed E-state index contributed by atoms with van der Waals surface area (Å²) < 4.78 is 0. The first-order chi connectivity index (χ1) is 20.4. The molecule has 4 aromatic carbocycles. The molecule has 0 bridgehead atoms. The molecule has 0 aliphatic carbocycles. The summed E-state index contributed by atoms with van der Waals surface area (Å²) in [6.45, 7) is 6.15. The lowest BCUT2D eigenvalue weighted by atomic mass is 9.99. The molecule has 7 heteroatoms. The Hall–Kier alpha value is -4.91. The van der Waals surface area contributed by atoms with Gasteiger partial charge in [0.15, 0.2) is 0 Å². The predicted molar refractivity (Wildman–Crippen MR) is 168 cm³/mol. The van der Waals surface area contributed by atoms with Crippen molar-refractivity contribution in [2.45, 2.75) is 39.8 Å². The molecule has 0 radical (unpaired) electrons. The molecular formula is C35H34N4O3. The van der Waals surface area contributed by atoms with E-state index in [1.807, 2.05) is 81.6 Å². The summed E-state index contributed by atoms with van der Waals surface area (Å²) >= 11 is 0. The third-order valence-corrected chi connectivity index (χ3v) is 8.43. The normalized spacial score (nSPS) is 15.9. The average Bonchev–Trinajstić information content (AvgIpc) is 3.47. The second-order valence-electron chi connectivity index (χ2n) is 11.0. The lowest BCUT2D eigenvalue weighted by Gasteiger charge is -2.27. The first kappa shape index (κ1) is 27.3. The average molecular weight is 559 g/mol. The van der Waals surface area contributed by atoms with Gasteiger partial charge in [-0.15, -0.1) is 0 Å². The summed E-state index contributed by atoms with van der Waals surface area (Å²) in [5.74, 6) is -0.953. The lowest BCUT2D eigenvalue weighted by molar-refractivity contribution is -0.129. The number of aromatic amines is 1. The number of nitrogens with zero attached hydrogens (tertiary/aromatic N) is 2. The highest BCUT2D eigenvalue weighted by Gasteiger charge is 2.38. The zero-order valence-electron chi connectivity index (χ0n) is 24.1. The van der Waals surface area contributed by atoms with Gasteiger partial charge in [0.2, 0.25) is 5.91 Å². The minimum absolute atomic E-state index is 0.0166. The van der Waals surface area contributed by atoms with E-state index in [9.17, 15) is 14.4 Å². The van der Waals surface area contributed by atoms with E-state index in [0.717, 1.165) is 32.8 Å². The second kappa shape index (κ2) is 11.2. The van der Waals surface area contributed by atoms with E-state index < -0.39 is 6.04 Å². The number of para-hydroxylation sites is 2. The Bertz CT molecular complexity index is 1820. The second-order valence-corrected chi connectivity index (χ2v) is 11.0. The molecule has 6 rings (SSSR count). The molecular weight excluding hydrogens is 524 g/mol. The summed E-state index contributed by atoms with van der Waals surface area (Å²) in [6, 6.07) is 26.3. The van der Waals surface area contributed by atoms with Crippen molar-refractivity contribution in [1.29, 1.82) is 0 Å². The molecule has 2 heterocycles. The zero-order chi connectivity index (χ0) is 29.4. The fourth-order valence-corrected chi connectivity index (χ4v) is 5.78. The summed E-state index contributed by atoms with van der Waals surface area (Å²) in [4.78, 5) is 48.5. The van der Waals surface area contributed by atoms with Crippen LogP contribution in [0.25, 0.3) is 21.7 Å². The molecule has 2 atom stereocenters. The van der Waals surface area contributed by atoms with Crippen molar-refractivity contribution < 1.29 is 14.4 Å². The topological polar surface area (TPSA) is 85.5 Å². The number of fused-ring (bicyclic) bond motifs is 3. The van der Waals surface area contributed by atoms with Crippen LogP contribution >= 0.6 is 0 Å². The Kier molecular flexibility index (Phi) is 7.25. The lowest BCUT2D eigenvalue weighted by Crippen LogP contribution is -2.53. The summed E-state index contributed by atoms with van der Waals surface area (Å²) in [7, 11) is 0. The highest BCUT2D eigenvalue weighted by molar-refractivity contribution is 6.17. The van der Waals surface area contributed by atoms with Crippen LogP contribution < -0.4 is 15.1 Å². The molecule has 212 valence electrons. The number of hydrogen-bond donors (Lipinski definition) is 2. The van der Waals surface area contributed by atoms with Gasteiger partial charge in [-0.3, -0.25) is 14.4 Å². The largest absolute Gasteiger partial charge is 0.361 e. The molecule has 0 spiro atoms. The first-order valence-electron chi connectivity index (χ1n) is 14.4. The van der Waals surface area contributed by atoms with Gasteiger partial charge in [0.25, 0.3) is 11.8 Å². The number of hydrogen-bond acceptors (Lipinski definition) is 3.